The molecule has 8 heteroatoms. The molecule has 1 atom stereocenters. The zero-order valence-corrected chi connectivity index (χ0v) is 11.0. The van der Waals surface area contributed by atoms with E-state index in [1.165, 1.54) is 0 Å². The highest BCUT2D eigenvalue weighted by molar-refractivity contribution is 5.85. The van der Waals surface area contributed by atoms with Crippen molar-refractivity contribution in [2.24, 2.45) is 0 Å². The lowest BCUT2D eigenvalue weighted by Gasteiger charge is -2.23. The molecule has 3 heterocycles. The van der Waals surface area contributed by atoms with E-state index in [1.807, 2.05) is 0 Å². The van der Waals surface area contributed by atoms with E-state index in [4.69, 9.17) is 20.3 Å². The molecule has 0 aromatic carbocycles. The molecule has 0 bridgehead atoms. The minimum absolute atomic E-state index is 0.105. The Balaban J connectivity index is 1.98. The fourth-order valence-corrected chi connectivity index (χ4v) is 2.26. The second-order valence-corrected chi connectivity index (χ2v) is 4.61. The van der Waals surface area contributed by atoms with Crippen LogP contribution in [0.15, 0.2) is 6.20 Å². The first kappa shape index (κ1) is 13.1. The fourth-order valence-electron chi connectivity index (χ4n) is 2.26. The number of anilines is 1. The Kier molecular flexibility index (Phi) is 3.66. The van der Waals surface area contributed by atoms with Gasteiger partial charge < -0.3 is 20.3 Å². The van der Waals surface area contributed by atoms with E-state index in [0.717, 1.165) is 25.9 Å². The maximum absolute atomic E-state index is 8.78. The summed E-state index contributed by atoms with van der Waals surface area (Å²) in [7, 11) is 0. The third kappa shape index (κ3) is 2.39. The monoisotopic (exact) mass is 279 g/mol. The van der Waals surface area contributed by atoms with Crippen LogP contribution in [0.25, 0.3) is 11.0 Å². The molecule has 1 fully saturated rings. The number of rotatable bonds is 4. The van der Waals surface area contributed by atoms with Crippen LogP contribution in [0.2, 0.25) is 0 Å². The number of fused-ring (bicyclic) bond motifs is 1. The summed E-state index contributed by atoms with van der Waals surface area (Å²) in [6.45, 7) is 0.742. The van der Waals surface area contributed by atoms with Crippen molar-refractivity contribution in [2.75, 3.05) is 25.6 Å². The molecular weight excluding hydrogens is 262 g/mol. The van der Waals surface area contributed by atoms with Gasteiger partial charge in [0.15, 0.2) is 11.9 Å². The number of ether oxygens (including phenoxy) is 2. The van der Waals surface area contributed by atoms with E-state index in [0.29, 0.717) is 16.9 Å². The third-order valence-electron chi connectivity index (χ3n) is 3.21. The van der Waals surface area contributed by atoms with Crippen LogP contribution in [0.1, 0.15) is 25.5 Å². The van der Waals surface area contributed by atoms with Gasteiger partial charge in [-0.25, -0.2) is 4.68 Å². The van der Waals surface area contributed by atoms with E-state index >= 15 is 0 Å². The molecule has 1 unspecified atom stereocenters. The SMILES string of the molecule is Nc1nc(OCCO)nc2c1cnn2C1CCCCO1. The molecular formula is C12H17N5O3. The Morgan fingerprint density at radius 3 is 3.10 bits per heavy atom. The molecule has 8 nitrogen and oxygen atoms in total. The average Bonchev–Trinajstić information content (AvgIpc) is 2.90. The first-order valence-electron chi connectivity index (χ1n) is 6.65. The van der Waals surface area contributed by atoms with Gasteiger partial charge in [0.25, 0.3) is 0 Å². The number of nitrogen functional groups attached to an aromatic ring is 1. The van der Waals surface area contributed by atoms with Gasteiger partial charge >= 0.3 is 6.01 Å². The molecule has 3 N–H and O–H groups in total. The van der Waals surface area contributed by atoms with Crippen LogP contribution in [0, 0.1) is 0 Å². The van der Waals surface area contributed by atoms with Crippen molar-refractivity contribution in [3.8, 4) is 6.01 Å². The summed E-state index contributed by atoms with van der Waals surface area (Å²) in [5.41, 5.74) is 6.48. The molecule has 0 radical (unpaired) electrons. The first-order chi connectivity index (χ1) is 9.79. The lowest BCUT2D eigenvalue weighted by atomic mass is 10.2. The highest BCUT2D eigenvalue weighted by Crippen LogP contribution is 2.27. The molecule has 1 aliphatic rings. The Morgan fingerprint density at radius 2 is 2.35 bits per heavy atom. The molecule has 3 rings (SSSR count). The molecule has 2 aromatic heterocycles. The van der Waals surface area contributed by atoms with Crippen molar-refractivity contribution in [3.63, 3.8) is 0 Å². The summed E-state index contributed by atoms with van der Waals surface area (Å²) >= 11 is 0. The van der Waals surface area contributed by atoms with Crippen LogP contribution in [-0.4, -0.2) is 44.7 Å². The smallest absolute Gasteiger partial charge is 0.320 e. The van der Waals surface area contributed by atoms with Gasteiger partial charge in [-0.05, 0) is 19.3 Å². The summed E-state index contributed by atoms with van der Waals surface area (Å²) in [5.74, 6) is 0.310. The Hall–Kier alpha value is -1.93. The van der Waals surface area contributed by atoms with Gasteiger partial charge in [0.05, 0.1) is 18.2 Å². The summed E-state index contributed by atoms with van der Waals surface area (Å²) in [5, 5.41) is 13.8. The highest BCUT2D eigenvalue weighted by atomic mass is 16.5. The predicted molar refractivity (Wildman–Crippen MR) is 71.2 cm³/mol. The molecule has 1 saturated heterocycles. The fraction of sp³-hybridized carbons (Fsp3) is 0.583. The van der Waals surface area contributed by atoms with E-state index in [1.54, 1.807) is 10.9 Å². The van der Waals surface area contributed by atoms with Crippen LogP contribution in [-0.2, 0) is 4.74 Å². The summed E-state index contributed by atoms with van der Waals surface area (Å²) in [6.07, 6.45) is 4.57. The van der Waals surface area contributed by atoms with Gasteiger partial charge in [-0.15, -0.1) is 0 Å². The van der Waals surface area contributed by atoms with Gasteiger partial charge in [-0.1, -0.05) is 0 Å². The Bertz CT molecular complexity index is 594. The van der Waals surface area contributed by atoms with Gasteiger partial charge in [0.1, 0.15) is 12.4 Å². The lowest BCUT2D eigenvalue weighted by Crippen LogP contribution is -2.19. The van der Waals surface area contributed by atoms with Crippen LogP contribution in [0.5, 0.6) is 6.01 Å². The van der Waals surface area contributed by atoms with E-state index in [2.05, 4.69) is 15.1 Å². The molecule has 2 aromatic rings. The summed E-state index contributed by atoms with van der Waals surface area (Å²) < 4.78 is 12.7. The van der Waals surface area contributed by atoms with Gasteiger partial charge in [-0.3, -0.25) is 0 Å². The molecule has 0 aliphatic carbocycles. The lowest BCUT2D eigenvalue weighted by molar-refractivity contribution is -0.0370. The minimum Gasteiger partial charge on any atom is -0.461 e. The van der Waals surface area contributed by atoms with Crippen molar-refractivity contribution in [1.29, 1.82) is 0 Å². The van der Waals surface area contributed by atoms with Crippen molar-refractivity contribution in [1.82, 2.24) is 19.7 Å². The Labute approximate surface area is 115 Å². The van der Waals surface area contributed by atoms with E-state index in [-0.39, 0.29) is 25.5 Å². The second-order valence-electron chi connectivity index (χ2n) is 4.61. The number of aromatic nitrogens is 4. The maximum Gasteiger partial charge on any atom is 0.320 e. The standard InChI is InChI=1S/C12H17N5O3/c13-10-8-7-14-17(9-3-1-2-5-19-9)11(8)16-12(15-10)20-6-4-18/h7,9,18H,1-6H2,(H2,13,15,16). The molecule has 1 aliphatic heterocycles. The second kappa shape index (κ2) is 5.59. The van der Waals surface area contributed by atoms with E-state index < -0.39 is 0 Å². The first-order valence-corrected chi connectivity index (χ1v) is 6.65. The Morgan fingerprint density at radius 1 is 1.45 bits per heavy atom. The normalized spacial score (nSPS) is 19.4. The zero-order chi connectivity index (χ0) is 13.9. The van der Waals surface area contributed by atoms with Crippen molar-refractivity contribution >= 4 is 16.9 Å². The van der Waals surface area contributed by atoms with Crippen LogP contribution < -0.4 is 10.5 Å². The quantitative estimate of drug-likeness (QED) is 0.837. The average molecular weight is 279 g/mol. The molecule has 0 amide bonds. The number of aliphatic hydroxyl groups excluding tert-OH is 1. The highest BCUT2D eigenvalue weighted by Gasteiger charge is 2.21. The number of hydrogen-bond donors (Lipinski definition) is 2. The van der Waals surface area contributed by atoms with Crippen molar-refractivity contribution < 1.29 is 14.6 Å². The van der Waals surface area contributed by atoms with Crippen molar-refractivity contribution in [2.45, 2.75) is 25.5 Å². The van der Waals surface area contributed by atoms with Gasteiger partial charge in [0, 0.05) is 6.61 Å². The zero-order valence-electron chi connectivity index (χ0n) is 11.0. The summed E-state index contributed by atoms with van der Waals surface area (Å²) in [4.78, 5) is 8.34. The predicted octanol–water partition coefficient (Wildman–Crippen LogP) is 0.479. The maximum atomic E-state index is 8.78. The number of nitrogens with zero attached hydrogens (tertiary/aromatic N) is 4. The number of aliphatic hydroxyl groups is 1. The number of hydrogen-bond acceptors (Lipinski definition) is 7. The van der Waals surface area contributed by atoms with Crippen molar-refractivity contribution in [3.05, 3.63) is 6.20 Å². The molecule has 108 valence electrons. The molecule has 0 saturated carbocycles. The van der Waals surface area contributed by atoms with Crippen LogP contribution in [0.3, 0.4) is 0 Å². The summed E-state index contributed by atoms with van der Waals surface area (Å²) in [6, 6.07) is 0.140. The molecule has 0 spiro atoms. The topological polar surface area (TPSA) is 108 Å². The van der Waals surface area contributed by atoms with Crippen LogP contribution in [0.4, 0.5) is 5.82 Å². The van der Waals surface area contributed by atoms with E-state index in [9.17, 15) is 0 Å². The molecule has 20 heavy (non-hydrogen) atoms. The van der Waals surface area contributed by atoms with Gasteiger partial charge in [0.2, 0.25) is 0 Å². The van der Waals surface area contributed by atoms with Crippen LogP contribution >= 0.6 is 0 Å². The van der Waals surface area contributed by atoms with Gasteiger partial charge in [-0.2, -0.15) is 15.1 Å². The minimum atomic E-state index is -0.124. The number of nitrogens with two attached hydrogens (primary N) is 1. The largest absolute Gasteiger partial charge is 0.461 e. The third-order valence-corrected chi connectivity index (χ3v) is 3.21.